The molecule has 0 saturated heterocycles. The van der Waals surface area contributed by atoms with Gasteiger partial charge in [-0.3, -0.25) is 0 Å². The van der Waals surface area contributed by atoms with Crippen LogP contribution in [-0.4, -0.2) is 41.0 Å². The van der Waals surface area contributed by atoms with Crippen molar-refractivity contribution in [3.63, 3.8) is 0 Å². The molecule has 0 amide bonds. The maximum atomic E-state index is 10.4. The smallest absolute Gasteiger partial charge is 0.130 e. The molecule has 2 aromatic carbocycles. The number of halogens is 1. The number of nitrogens with zero attached hydrogens (tertiary/aromatic N) is 2. The number of aryl methyl sites for hydroxylation is 1. The molecule has 1 heterocycles. The number of aliphatic hydroxyl groups is 1. The van der Waals surface area contributed by atoms with E-state index in [0.29, 0.717) is 18.2 Å². The number of methoxy groups -OCH3 is 1. The van der Waals surface area contributed by atoms with E-state index < -0.39 is 6.10 Å². The first-order chi connectivity index (χ1) is 14.1. The Morgan fingerprint density at radius 1 is 1.21 bits per heavy atom. The summed E-state index contributed by atoms with van der Waals surface area (Å²) in [5.74, 6) is 1.63. The molecule has 7 heteroatoms. The minimum absolute atomic E-state index is 0.184. The van der Waals surface area contributed by atoms with Gasteiger partial charge < -0.3 is 24.5 Å². The summed E-state index contributed by atoms with van der Waals surface area (Å²) >= 11 is 5.89. The standard InChI is InChI=1S/C22H26ClN3O3/c1-26-11-10-24-22(26)21(17-4-3-5-20(12-17)28-2)25-13-19(27)15-29-14-16-6-8-18(23)9-7-16/h3-12,19,21,25,27H,13-15H2,1-2H3. The van der Waals surface area contributed by atoms with E-state index in [1.807, 2.05) is 66.3 Å². The predicted octanol–water partition coefficient (Wildman–Crippen LogP) is 3.34. The number of aliphatic hydroxyl groups excluding tert-OH is 1. The van der Waals surface area contributed by atoms with Crippen molar-refractivity contribution in [1.82, 2.24) is 14.9 Å². The van der Waals surface area contributed by atoms with Crippen LogP contribution in [-0.2, 0) is 18.4 Å². The van der Waals surface area contributed by atoms with Gasteiger partial charge in [0.1, 0.15) is 11.6 Å². The number of imidazole rings is 1. The van der Waals surface area contributed by atoms with Crippen LogP contribution < -0.4 is 10.1 Å². The lowest BCUT2D eigenvalue weighted by Gasteiger charge is -2.21. The Hall–Kier alpha value is -2.38. The van der Waals surface area contributed by atoms with Crippen LogP contribution in [0.5, 0.6) is 5.75 Å². The number of nitrogens with one attached hydrogen (secondary N) is 1. The van der Waals surface area contributed by atoms with Gasteiger partial charge in [-0.25, -0.2) is 4.98 Å². The lowest BCUT2D eigenvalue weighted by molar-refractivity contribution is 0.0279. The number of hydrogen-bond donors (Lipinski definition) is 2. The van der Waals surface area contributed by atoms with Crippen molar-refractivity contribution in [2.24, 2.45) is 7.05 Å². The predicted molar refractivity (Wildman–Crippen MR) is 113 cm³/mol. The van der Waals surface area contributed by atoms with Gasteiger partial charge in [0.15, 0.2) is 0 Å². The molecule has 0 fully saturated rings. The molecule has 2 N–H and O–H groups in total. The highest BCUT2D eigenvalue weighted by atomic mass is 35.5. The highest BCUT2D eigenvalue weighted by Gasteiger charge is 2.20. The molecular formula is C22H26ClN3O3. The maximum Gasteiger partial charge on any atom is 0.130 e. The molecule has 3 rings (SSSR count). The Kier molecular flexibility index (Phi) is 7.66. The normalized spacial score (nSPS) is 13.2. The summed E-state index contributed by atoms with van der Waals surface area (Å²) < 4.78 is 12.9. The molecule has 2 atom stereocenters. The topological polar surface area (TPSA) is 68.5 Å². The second kappa shape index (κ2) is 10.4. The molecule has 0 bridgehead atoms. The van der Waals surface area contributed by atoms with E-state index >= 15 is 0 Å². The minimum Gasteiger partial charge on any atom is -0.497 e. The van der Waals surface area contributed by atoms with Crippen molar-refractivity contribution in [3.8, 4) is 5.75 Å². The second-order valence-corrected chi connectivity index (χ2v) is 7.25. The highest BCUT2D eigenvalue weighted by molar-refractivity contribution is 6.30. The first-order valence-corrected chi connectivity index (χ1v) is 9.79. The van der Waals surface area contributed by atoms with Crippen LogP contribution in [0, 0.1) is 0 Å². The third-order valence-electron chi connectivity index (χ3n) is 4.59. The lowest BCUT2D eigenvalue weighted by Crippen LogP contribution is -2.34. The molecule has 6 nitrogen and oxygen atoms in total. The largest absolute Gasteiger partial charge is 0.497 e. The Labute approximate surface area is 176 Å². The number of rotatable bonds is 10. The average Bonchev–Trinajstić information content (AvgIpc) is 3.15. The van der Waals surface area contributed by atoms with Gasteiger partial charge in [-0.15, -0.1) is 0 Å². The summed E-state index contributed by atoms with van der Waals surface area (Å²) in [6.07, 6.45) is 3.00. The molecule has 1 aromatic heterocycles. The fraction of sp³-hybridized carbons (Fsp3) is 0.318. The van der Waals surface area contributed by atoms with Gasteiger partial charge in [-0.1, -0.05) is 35.9 Å². The Balaban J connectivity index is 1.59. The van der Waals surface area contributed by atoms with Gasteiger partial charge in [-0.2, -0.15) is 0 Å². The zero-order chi connectivity index (χ0) is 20.6. The van der Waals surface area contributed by atoms with Crippen molar-refractivity contribution < 1.29 is 14.6 Å². The van der Waals surface area contributed by atoms with E-state index in [1.165, 1.54) is 0 Å². The van der Waals surface area contributed by atoms with Crippen molar-refractivity contribution in [2.75, 3.05) is 20.3 Å². The first-order valence-electron chi connectivity index (χ1n) is 9.41. The Morgan fingerprint density at radius 3 is 2.69 bits per heavy atom. The number of benzene rings is 2. The molecule has 0 aliphatic carbocycles. The SMILES string of the molecule is COc1cccc(C(NCC(O)COCc2ccc(Cl)cc2)c2nccn2C)c1. The number of ether oxygens (including phenoxy) is 2. The molecule has 0 saturated carbocycles. The summed E-state index contributed by atoms with van der Waals surface area (Å²) in [5, 5.41) is 14.5. The summed E-state index contributed by atoms with van der Waals surface area (Å²) in [6.45, 7) is 1.00. The van der Waals surface area contributed by atoms with Crippen LogP contribution in [0.4, 0.5) is 0 Å². The second-order valence-electron chi connectivity index (χ2n) is 6.81. The molecule has 0 radical (unpaired) electrons. The Morgan fingerprint density at radius 2 is 2.00 bits per heavy atom. The van der Waals surface area contributed by atoms with Gasteiger partial charge in [0.25, 0.3) is 0 Å². The van der Waals surface area contributed by atoms with Gasteiger partial charge in [0, 0.05) is 31.0 Å². The van der Waals surface area contributed by atoms with E-state index in [9.17, 15) is 5.11 Å². The first kappa shape index (κ1) is 21.3. The van der Waals surface area contributed by atoms with Crippen molar-refractivity contribution in [3.05, 3.63) is 82.9 Å². The number of aromatic nitrogens is 2. The molecule has 3 aromatic rings. The summed E-state index contributed by atoms with van der Waals surface area (Å²) in [6, 6.07) is 15.1. The summed E-state index contributed by atoms with van der Waals surface area (Å²) in [4.78, 5) is 4.47. The fourth-order valence-corrected chi connectivity index (χ4v) is 3.17. The zero-order valence-electron chi connectivity index (χ0n) is 16.6. The molecule has 2 unspecified atom stereocenters. The van der Waals surface area contributed by atoms with Gasteiger partial charge in [0.2, 0.25) is 0 Å². The van der Waals surface area contributed by atoms with E-state index in [-0.39, 0.29) is 12.6 Å². The van der Waals surface area contributed by atoms with E-state index in [4.69, 9.17) is 21.1 Å². The van der Waals surface area contributed by atoms with Crippen molar-refractivity contribution in [1.29, 1.82) is 0 Å². The molecule has 154 valence electrons. The third kappa shape index (κ3) is 6.05. The molecule has 0 aliphatic heterocycles. The van der Waals surface area contributed by atoms with Crippen molar-refractivity contribution >= 4 is 11.6 Å². The van der Waals surface area contributed by atoms with Crippen LogP contribution in [0.25, 0.3) is 0 Å². The lowest BCUT2D eigenvalue weighted by atomic mass is 10.1. The van der Waals surface area contributed by atoms with Gasteiger partial charge >= 0.3 is 0 Å². The third-order valence-corrected chi connectivity index (χ3v) is 4.85. The zero-order valence-corrected chi connectivity index (χ0v) is 17.3. The van der Waals surface area contributed by atoms with Crippen LogP contribution >= 0.6 is 11.6 Å². The fourth-order valence-electron chi connectivity index (χ4n) is 3.04. The quantitative estimate of drug-likeness (QED) is 0.531. The summed E-state index contributed by atoms with van der Waals surface area (Å²) in [7, 11) is 3.59. The van der Waals surface area contributed by atoms with E-state index in [1.54, 1.807) is 13.3 Å². The van der Waals surface area contributed by atoms with Gasteiger partial charge in [0.05, 0.1) is 32.5 Å². The van der Waals surface area contributed by atoms with Crippen LogP contribution in [0.15, 0.2) is 60.9 Å². The Bertz CT molecular complexity index is 898. The minimum atomic E-state index is -0.657. The van der Waals surface area contributed by atoms with Gasteiger partial charge in [-0.05, 0) is 35.4 Å². The molecule has 29 heavy (non-hydrogen) atoms. The monoisotopic (exact) mass is 415 g/mol. The van der Waals surface area contributed by atoms with E-state index in [2.05, 4.69) is 10.3 Å². The van der Waals surface area contributed by atoms with Crippen molar-refractivity contribution in [2.45, 2.75) is 18.8 Å². The molecule has 0 spiro atoms. The van der Waals surface area contributed by atoms with Crippen LogP contribution in [0.1, 0.15) is 23.0 Å². The van der Waals surface area contributed by atoms with Crippen LogP contribution in [0.2, 0.25) is 5.02 Å². The highest BCUT2D eigenvalue weighted by Crippen LogP contribution is 2.24. The molecular weight excluding hydrogens is 390 g/mol. The molecule has 0 aliphatic rings. The van der Waals surface area contributed by atoms with E-state index in [0.717, 1.165) is 22.7 Å². The average molecular weight is 416 g/mol. The maximum absolute atomic E-state index is 10.4. The summed E-state index contributed by atoms with van der Waals surface area (Å²) in [5.41, 5.74) is 2.02. The number of hydrogen-bond acceptors (Lipinski definition) is 5. The van der Waals surface area contributed by atoms with Crippen LogP contribution in [0.3, 0.4) is 0 Å².